The van der Waals surface area contributed by atoms with Gasteiger partial charge in [0.25, 0.3) is 0 Å². The number of rotatable bonds is 45. The molecule has 0 aromatic carbocycles. The fourth-order valence-electron chi connectivity index (χ4n) is 7.23. The lowest BCUT2D eigenvalue weighted by atomic mass is 9.92. The molecule has 0 spiro atoms. The summed E-state index contributed by atoms with van der Waals surface area (Å²) in [7, 11) is 3.88. The molecule has 10 nitrogen and oxygen atoms in total. The van der Waals surface area contributed by atoms with Crippen molar-refractivity contribution in [3.63, 3.8) is 0 Å². The van der Waals surface area contributed by atoms with E-state index in [1.807, 2.05) is 19.0 Å². The summed E-state index contributed by atoms with van der Waals surface area (Å²) in [5, 5.41) is 0. The third kappa shape index (κ3) is 41.0. The molecule has 0 radical (unpaired) electrons. The number of Topliss-reactive ketones (excluding diaryl/α,β-unsaturated/α-hetero) is 1. The van der Waals surface area contributed by atoms with Crippen LogP contribution in [0.25, 0.3) is 0 Å². The van der Waals surface area contributed by atoms with Crippen LogP contribution >= 0.6 is 0 Å². The van der Waals surface area contributed by atoms with E-state index in [0.29, 0.717) is 32.1 Å². The highest BCUT2D eigenvalue weighted by Gasteiger charge is 2.38. The second kappa shape index (κ2) is 40.7. The second-order valence-electron chi connectivity index (χ2n) is 18.7. The summed E-state index contributed by atoms with van der Waals surface area (Å²) in [6.07, 6.45) is 29.7. The van der Waals surface area contributed by atoms with E-state index in [-0.39, 0.29) is 75.8 Å². The Kier molecular flexibility index (Phi) is 38.8. The van der Waals surface area contributed by atoms with Crippen molar-refractivity contribution < 1.29 is 42.9 Å². The van der Waals surface area contributed by atoms with Crippen molar-refractivity contribution >= 4 is 29.7 Å². The van der Waals surface area contributed by atoms with Crippen LogP contribution in [0.15, 0.2) is 24.3 Å². The summed E-state index contributed by atoms with van der Waals surface area (Å²) < 4.78 is 23.2. The smallest absolute Gasteiger partial charge is 0.305 e. The van der Waals surface area contributed by atoms with Crippen molar-refractivity contribution in [1.29, 1.82) is 0 Å². The minimum Gasteiger partial charge on any atom is -0.465 e. The molecule has 0 fully saturated rings. The molecule has 0 atom stereocenters. The Balaban J connectivity index is 5.36. The van der Waals surface area contributed by atoms with Crippen LogP contribution in [0.1, 0.15) is 226 Å². The zero-order valence-electron chi connectivity index (χ0n) is 40.7. The van der Waals surface area contributed by atoms with Gasteiger partial charge in [0.1, 0.15) is 37.6 Å². The molecular weight excluding hydrogens is 783 g/mol. The summed E-state index contributed by atoms with van der Waals surface area (Å²) in [4.78, 5) is 65.2. The average Bonchev–Trinajstić information content (AvgIpc) is 3.21. The first kappa shape index (κ1) is 59.0. The van der Waals surface area contributed by atoms with Crippen molar-refractivity contribution in [2.24, 2.45) is 5.41 Å². The van der Waals surface area contributed by atoms with Gasteiger partial charge in [-0.2, -0.15) is 0 Å². The molecule has 0 N–H and O–H groups in total. The molecule has 0 bridgehead atoms. The fraction of sp³-hybridized carbons (Fsp3) is 0.827. The molecule has 0 rings (SSSR count). The van der Waals surface area contributed by atoms with E-state index in [4.69, 9.17) is 18.9 Å². The predicted octanol–water partition coefficient (Wildman–Crippen LogP) is 12.9. The first-order valence-electron chi connectivity index (χ1n) is 24.8. The molecule has 0 aromatic heterocycles. The van der Waals surface area contributed by atoms with E-state index in [0.717, 1.165) is 103 Å². The van der Waals surface area contributed by atoms with Gasteiger partial charge in [-0.1, -0.05) is 127 Å². The SMILES string of the molecule is C=C(C)CCCCCCCCCCC(=O)OCC(COC(=O)CCCCCCCCCCC(=C)C)(COC(=O)CCCCCCCCCCC(C)=O)COC(=O)CCCN(C)C. The van der Waals surface area contributed by atoms with E-state index in [9.17, 15) is 24.0 Å². The molecule has 0 aliphatic heterocycles. The molecule has 0 saturated heterocycles. The summed E-state index contributed by atoms with van der Waals surface area (Å²) in [6.45, 7) is 13.6. The molecule has 0 unspecified atom stereocenters. The molecule has 0 aliphatic carbocycles. The van der Waals surface area contributed by atoms with Crippen molar-refractivity contribution in [1.82, 2.24) is 4.90 Å². The van der Waals surface area contributed by atoms with Crippen LogP contribution < -0.4 is 0 Å². The lowest BCUT2D eigenvalue weighted by molar-refractivity contribution is -0.170. The number of hydrogen-bond donors (Lipinski definition) is 0. The van der Waals surface area contributed by atoms with Crippen LogP contribution in [-0.4, -0.2) is 81.6 Å². The highest BCUT2D eigenvalue weighted by atomic mass is 16.6. The first-order chi connectivity index (χ1) is 29.7. The van der Waals surface area contributed by atoms with Gasteiger partial charge in [0, 0.05) is 32.1 Å². The number of ketones is 1. The van der Waals surface area contributed by atoms with E-state index >= 15 is 0 Å². The number of carbonyl (C=O) groups excluding carboxylic acids is 5. The van der Waals surface area contributed by atoms with Gasteiger partial charge >= 0.3 is 23.9 Å². The zero-order valence-corrected chi connectivity index (χ0v) is 40.7. The van der Waals surface area contributed by atoms with E-state index in [1.54, 1.807) is 6.92 Å². The van der Waals surface area contributed by atoms with Crippen LogP contribution in [0.4, 0.5) is 0 Å². The van der Waals surface area contributed by atoms with Gasteiger partial charge in [0.2, 0.25) is 0 Å². The maximum atomic E-state index is 13.1. The van der Waals surface area contributed by atoms with Gasteiger partial charge < -0.3 is 28.6 Å². The fourth-order valence-corrected chi connectivity index (χ4v) is 7.23. The Labute approximate surface area is 379 Å². The number of nitrogens with zero attached hydrogens (tertiary/aromatic N) is 1. The largest absolute Gasteiger partial charge is 0.465 e. The summed E-state index contributed by atoms with van der Waals surface area (Å²) in [5.41, 5.74) is 1.24. The quantitative estimate of drug-likeness (QED) is 0.0253. The standard InChI is InChI=1S/C52H93NO9/c1-45(2)33-26-20-14-8-11-17-23-29-36-48(55)59-41-52(44-62-51(58)39-32-40-53(6)7,42-60-49(56)37-30-24-18-12-9-15-21-27-34-46(3)4)43-61-50(57)38-31-25-19-13-10-16-22-28-35-47(5)54/h1,3,8-44H2,2,4-7H3. The highest BCUT2D eigenvalue weighted by molar-refractivity contribution is 5.75. The number of esters is 4. The van der Waals surface area contributed by atoms with E-state index in [2.05, 4.69) is 27.0 Å². The third-order valence-electron chi connectivity index (χ3n) is 11.3. The Morgan fingerprint density at radius 2 is 0.581 bits per heavy atom. The summed E-state index contributed by atoms with van der Waals surface area (Å²) in [6, 6.07) is 0. The lowest BCUT2D eigenvalue weighted by Crippen LogP contribution is -2.44. The van der Waals surface area contributed by atoms with Crippen molar-refractivity contribution in [2.75, 3.05) is 47.1 Å². The molecule has 0 aliphatic rings. The second-order valence-corrected chi connectivity index (χ2v) is 18.7. The number of carbonyl (C=O) groups is 5. The summed E-state index contributed by atoms with van der Waals surface area (Å²) >= 11 is 0. The molecule has 0 heterocycles. The number of allylic oxidation sites excluding steroid dienone is 2. The molecular formula is C52H93NO9. The highest BCUT2D eigenvalue weighted by Crippen LogP contribution is 2.24. The predicted molar refractivity (Wildman–Crippen MR) is 253 cm³/mol. The number of hydrogen-bond acceptors (Lipinski definition) is 10. The van der Waals surface area contributed by atoms with Crippen LogP contribution in [0.3, 0.4) is 0 Å². The molecule has 0 saturated carbocycles. The van der Waals surface area contributed by atoms with Gasteiger partial charge in [-0.15, -0.1) is 13.2 Å². The molecule has 360 valence electrons. The molecule has 0 aromatic rings. The summed E-state index contributed by atoms with van der Waals surface area (Å²) in [5.74, 6) is -1.31. The van der Waals surface area contributed by atoms with Gasteiger partial charge in [0.15, 0.2) is 0 Å². The Morgan fingerprint density at radius 3 is 0.823 bits per heavy atom. The lowest BCUT2D eigenvalue weighted by Gasteiger charge is -2.31. The Bertz CT molecular complexity index is 1090. The minimum atomic E-state index is -1.24. The maximum absolute atomic E-state index is 13.1. The van der Waals surface area contributed by atoms with Gasteiger partial charge in [-0.25, -0.2) is 0 Å². The Morgan fingerprint density at radius 1 is 0.355 bits per heavy atom. The molecule has 62 heavy (non-hydrogen) atoms. The van der Waals surface area contributed by atoms with E-state index < -0.39 is 11.4 Å². The van der Waals surface area contributed by atoms with Crippen molar-refractivity contribution in [2.45, 2.75) is 226 Å². The number of unbranched alkanes of at least 4 members (excludes halogenated alkanes) is 21. The van der Waals surface area contributed by atoms with Gasteiger partial charge in [-0.3, -0.25) is 19.2 Å². The van der Waals surface area contributed by atoms with Gasteiger partial charge in [0.05, 0.1) is 0 Å². The van der Waals surface area contributed by atoms with Crippen LogP contribution in [-0.2, 0) is 42.9 Å². The van der Waals surface area contributed by atoms with Crippen molar-refractivity contribution in [3.05, 3.63) is 24.3 Å². The monoisotopic (exact) mass is 876 g/mol. The molecule has 0 amide bonds. The Hall–Kier alpha value is -3.01. The van der Waals surface area contributed by atoms with Crippen molar-refractivity contribution in [3.8, 4) is 0 Å². The van der Waals surface area contributed by atoms with Crippen LogP contribution in [0.5, 0.6) is 0 Å². The third-order valence-corrected chi connectivity index (χ3v) is 11.3. The first-order valence-corrected chi connectivity index (χ1v) is 24.8. The topological polar surface area (TPSA) is 126 Å². The maximum Gasteiger partial charge on any atom is 0.305 e. The van der Waals surface area contributed by atoms with Gasteiger partial charge in [-0.05, 0) is 99.2 Å². The zero-order chi connectivity index (χ0) is 46.1. The van der Waals surface area contributed by atoms with Crippen LogP contribution in [0.2, 0.25) is 0 Å². The average molecular weight is 876 g/mol. The number of ether oxygens (including phenoxy) is 4. The van der Waals surface area contributed by atoms with Crippen LogP contribution in [0, 0.1) is 5.41 Å². The minimum absolute atomic E-state index is 0.203. The molecule has 10 heteroatoms. The van der Waals surface area contributed by atoms with E-state index in [1.165, 1.54) is 62.5 Å². The normalized spacial score (nSPS) is 11.4.